The van der Waals surface area contributed by atoms with E-state index in [1.54, 1.807) is 39.5 Å². The third kappa shape index (κ3) is 3.11. The van der Waals surface area contributed by atoms with E-state index in [9.17, 15) is 4.79 Å². The number of aromatic amines is 1. The highest BCUT2D eigenvalue weighted by molar-refractivity contribution is 5.74. The van der Waals surface area contributed by atoms with Gasteiger partial charge in [0, 0.05) is 17.3 Å². The third-order valence-corrected chi connectivity index (χ3v) is 4.53. The zero-order valence-electron chi connectivity index (χ0n) is 15.7. The van der Waals surface area contributed by atoms with Crippen LogP contribution >= 0.6 is 0 Å². The summed E-state index contributed by atoms with van der Waals surface area (Å²) >= 11 is 0. The predicted molar refractivity (Wildman–Crippen MR) is 104 cm³/mol. The minimum Gasteiger partial charge on any atom is -0.493 e. The summed E-state index contributed by atoms with van der Waals surface area (Å²) in [5, 5.41) is 0. The van der Waals surface area contributed by atoms with Gasteiger partial charge in [-0.2, -0.15) is 0 Å². The molecule has 7 heteroatoms. The number of hydrogen-bond donors (Lipinski definition) is 1. The lowest BCUT2D eigenvalue weighted by Crippen LogP contribution is -2.06. The van der Waals surface area contributed by atoms with E-state index in [4.69, 9.17) is 23.7 Å². The van der Waals surface area contributed by atoms with Crippen molar-refractivity contribution in [2.24, 2.45) is 0 Å². The Morgan fingerprint density at radius 2 is 1.50 bits per heavy atom. The Hall–Kier alpha value is -3.61. The molecular formula is C21H19NO6. The molecule has 0 aliphatic carbocycles. The fourth-order valence-corrected chi connectivity index (χ4v) is 3.18. The van der Waals surface area contributed by atoms with Gasteiger partial charge in [-0.25, -0.2) is 0 Å². The molecule has 1 aliphatic heterocycles. The normalized spacial score (nSPS) is 12.0. The lowest BCUT2D eigenvalue weighted by molar-refractivity contribution is 0.174. The van der Waals surface area contributed by atoms with Crippen LogP contribution in [0.4, 0.5) is 0 Å². The molecule has 0 saturated carbocycles. The van der Waals surface area contributed by atoms with Gasteiger partial charge in [0.15, 0.2) is 23.0 Å². The number of pyridine rings is 1. The summed E-state index contributed by atoms with van der Waals surface area (Å²) in [6.07, 6.45) is 0. The minimum atomic E-state index is -0.223. The average molecular weight is 381 g/mol. The minimum absolute atomic E-state index is 0.199. The first-order valence-electron chi connectivity index (χ1n) is 8.57. The van der Waals surface area contributed by atoms with Gasteiger partial charge in [-0.1, -0.05) is 6.07 Å². The van der Waals surface area contributed by atoms with E-state index in [0.29, 0.717) is 34.4 Å². The molecule has 0 atom stereocenters. The van der Waals surface area contributed by atoms with E-state index in [-0.39, 0.29) is 12.4 Å². The molecule has 144 valence electrons. The van der Waals surface area contributed by atoms with Gasteiger partial charge in [0.1, 0.15) is 0 Å². The average Bonchev–Trinajstić information content (AvgIpc) is 3.20. The van der Waals surface area contributed by atoms with Crippen molar-refractivity contribution in [2.75, 3.05) is 28.1 Å². The molecule has 0 radical (unpaired) electrons. The Morgan fingerprint density at radius 3 is 2.18 bits per heavy atom. The smallest absolute Gasteiger partial charge is 0.249 e. The molecule has 7 nitrogen and oxygen atoms in total. The predicted octanol–water partition coefficient (Wildman–Crippen LogP) is 3.46. The quantitative estimate of drug-likeness (QED) is 0.729. The molecular weight excluding hydrogens is 362 g/mol. The van der Waals surface area contributed by atoms with Crippen LogP contribution in [0.1, 0.15) is 0 Å². The van der Waals surface area contributed by atoms with Crippen LogP contribution in [0.5, 0.6) is 28.7 Å². The Balaban J connectivity index is 1.83. The first-order chi connectivity index (χ1) is 13.6. The lowest BCUT2D eigenvalue weighted by Gasteiger charge is -2.14. The standard InChI is InChI=1S/C21H19NO6/c1-24-18-8-14(9-19(25-2)21(18)26-3)15-6-13(10-20(23)22-15)12-4-5-16-17(7-12)28-11-27-16/h4-10H,11H2,1-3H3,(H,22,23). The van der Waals surface area contributed by atoms with Gasteiger partial charge < -0.3 is 28.7 Å². The molecule has 2 heterocycles. The van der Waals surface area contributed by atoms with Gasteiger partial charge in [0.05, 0.1) is 21.3 Å². The van der Waals surface area contributed by atoms with E-state index in [0.717, 1.165) is 16.7 Å². The topological polar surface area (TPSA) is 79.0 Å². The summed E-state index contributed by atoms with van der Waals surface area (Å²) in [5.74, 6) is 2.85. The number of nitrogens with one attached hydrogen (secondary N) is 1. The maximum atomic E-state index is 12.3. The lowest BCUT2D eigenvalue weighted by atomic mass is 10.0. The van der Waals surface area contributed by atoms with Crippen LogP contribution in [0, 0.1) is 0 Å². The highest BCUT2D eigenvalue weighted by Gasteiger charge is 2.17. The van der Waals surface area contributed by atoms with Crippen molar-refractivity contribution in [3.8, 4) is 51.1 Å². The highest BCUT2D eigenvalue weighted by atomic mass is 16.7. The van der Waals surface area contributed by atoms with Crippen molar-refractivity contribution in [2.45, 2.75) is 0 Å². The van der Waals surface area contributed by atoms with Crippen molar-refractivity contribution < 1.29 is 23.7 Å². The third-order valence-electron chi connectivity index (χ3n) is 4.53. The molecule has 28 heavy (non-hydrogen) atoms. The van der Waals surface area contributed by atoms with E-state index >= 15 is 0 Å². The van der Waals surface area contributed by atoms with Gasteiger partial charge in [0.2, 0.25) is 18.1 Å². The molecule has 1 aliphatic rings. The van der Waals surface area contributed by atoms with Gasteiger partial charge in [0.25, 0.3) is 0 Å². The van der Waals surface area contributed by atoms with Crippen LogP contribution in [-0.4, -0.2) is 33.1 Å². The Labute approximate surface area is 161 Å². The first-order valence-corrected chi connectivity index (χ1v) is 8.57. The van der Waals surface area contributed by atoms with Crippen LogP contribution in [0.3, 0.4) is 0 Å². The number of hydrogen-bond acceptors (Lipinski definition) is 6. The van der Waals surface area contributed by atoms with E-state index < -0.39 is 0 Å². The maximum Gasteiger partial charge on any atom is 0.249 e. The fraction of sp³-hybridized carbons (Fsp3) is 0.190. The SMILES string of the molecule is COc1cc(-c2cc(-c3ccc4c(c3)OCO4)cc(=O)[nH]2)cc(OC)c1OC. The molecule has 3 aromatic rings. The van der Waals surface area contributed by atoms with Gasteiger partial charge >= 0.3 is 0 Å². The summed E-state index contributed by atoms with van der Waals surface area (Å²) < 4.78 is 27.0. The van der Waals surface area contributed by atoms with Gasteiger partial charge in [-0.05, 0) is 41.5 Å². The second-order valence-electron chi connectivity index (χ2n) is 6.13. The summed E-state index contributed by atoms with van der Waals surface area (Å²) in [7, 11) is 4.64. The molecule has 1 aromatic heterocycles. The van der Waals surface area contributed by atoms with Crippen molar-refractivity contribution in [1.82, 2.24) is 4.98 Å². The molecule has 0 bridgehead atoms. The van der Waals surface area contributed by atoms with Crippen molar-refractivity contribution in [3.05, 3.63) is 52.8 Å². The molecule has 0 spiro atoms. The van der Waals surface area contributed by atoms with Crippen molar-refractivity contribution in [1.29, 1.82) is 0 Å². The number of rotatable bonds is 5. The Kier molecular flexibility index (Phi) is 4.57. The molecule has 4 rings (SSSR count). The second-order valence-corrected chi connectivity index (χ2v) is 6.13. The number of H-pyrrole nitrogens is 1. The van der Waals surface area contributed by atoms with Crippen LogP contribution in [0.25, 0.3) is 22.4 Å². The number of methoxy groups -OCH3 is 3. The van der Waals surface area contributed by atoms with Crippen LogP contribution < -0.4 is 29.2 Å². The largest absolute Gasteiger partial charge is 0.493 e. The summed E-state index contributed by atoms with van der Waals surface area (Å²) in [6.45, 7) is 0.199. The first kappa shape index (κ1) is 17.8. The van der Waals surface area contributed by atoms with Gasteiger partial charge in [-0.15, -0.1) is 0 Å². The molecule has 0 unspecified atom stereocenters. The Bertz CT molecular complexity index is 1060. The zero-order valence-corrected chi connectivity index (χ0v) is 15.7. The number of fused-ring (bicyclic) bond motifs is 1. The molecule has 1 N–H and O–H groups in total. The zero-order chi connectivity index (χ0) is 19.7. The van der Waals surface area contributed by atoms with E-state index in [1.807, 2.05) is 24.3 Å². The maximum absolute atomic E-state index is 12.3. The van der Waals surface area contributed by atoms with Crippen LogP contribution in [0.2, 0.25) is 0 Å². The molecule has 2 aromatic carbocycles. The molecule has 0 fully saturated rings. The van der Waals surface area contributed by atoms with E-state index in [1.165, 1.54) is 0 Å². The van der Waals surface area contributed by atoms with Crippen molar-refractivity contribution in [3.63, 3.8) is 0 Å². The Morgan fingerprint density at radius 1 is 0.786 bits per heavy atom. The number of benzene rings is 2. The fourth-order valence-electron chi connectivity index (χ4n) is 3.18. The van der Waals surface area contributed by atoms with Crippen LogP contribution in [-0.2, 0) is 0 Å². The monoisotopic (exact) mass is 381 g/mol. The highest BCUT2D eigenvalue weighted by Crippen LogP contribution is 2.41. The summed E-state index contributed by atoms with van der Waals surface area (Å²) in [4.78, 5) is 15.2. The van der Waals surface area contributed by atoms with Gasteiger partial charge in [-0.3, -0.25) is 4.79 Å². The molecule has 0 amide bonds. The van der Waals surface area contributed by atoms with Crippen LogP contribution in [0.15, 0.2) is 47.3 Å². The van der Waals surface area contributed by atoms with Crippen molar-refractivity contribution >= 4 is 0 Å². The number of aromatic nitrogens is 1. The van der Waals surface area contributed by atoms with E-state index in [2.05, 4.69) is 4.98 Å². The summed E-state index contributed by atoms with van der Waals surface area (Å²) in [5.41, 5.74) is 2.74. The summed E-state index contributed by atoms with van der Waals surface area (Å²) in [6, 6.07) is 12.6. The second kappa shape index (κ2) is 7.19. The number of ether oxygens (including phenoxy) is 5. The molecule has 0 saturated heterocycles.